The first-order valence-corrected chi connectivity index (χ1v) is 4.84. The molecular weight excluding hydrogens is 152 g/mol. The minimum atomic E-state index is -0.154. The number of aliphatic hydroxyl groups excluding tert-OH is 1. The second kappa shape index (κ2) is 2.46. The molecule has 2 aliphatic rings. The molecule has 1 saturated carbocycles. The first-order chi connectivity index (χ1) is 5.58. The molecule has 0 aromatic rings. The van der Waals surface area contributed by atoms with E-state index >= 15 is 0 Å². The lowest BCUT2D eigenvalue weighted by atomic mass is 9.58. The molecule has 2 nitrogen and oxygen atoms in total. The first kappa shape index (κ1) is 8.52. The predicted molar refractivity (Wildman–Crippen MR) is 46.9 cm³/mol. The maximum absolute atomic E-state index is 9.92. The van der Waals surface area contributed by atoms with Crippen LogP contribution in [-0.2, 0) is 4.74 Å². The molecule has 0 radical (unpaired) electrons. The maximum atomic E-state index is 9.92. The minimum Gasteiger partial charge on any atom is -0.392 e. The Bertz CT molecular complexity index is 192. The molecule has 0 amide bonds. The maximum Gasteiger partial charge on any atom is 0.0621 e. The third-order valence-corrected chi connectivity index (χ3v) is 4.14. The lowest BCUT2D eigenvalue weighted by Gasteiger charge is -2.46. The van der Waals surface area contributed by atoms with E-state index in [0.717, 1.165) is 26.1 Å². The quantitative estimate of drug-likeness (QED) is 0.598. The van der Waals surface area contributed by atoms with E-state index in [4.69, 9.17) is 4.74 Å². The fraction of sp³-hybridized carbons (Fsp3) is 1.00. The molecule has 1 aliphatic carbocycles. The molecule has 0 spiro atoms. The van der Waals surface area contributed by atoms with Crippen LogP contribution in [0.3, 0.4) is 0 Å². The van der Waals surface area contributed by atoms with Gasteiger partial charge < -0.3 is 9.84 Å². The number of fused-ring (bicyclic) bond motifs is 1. The van der Waals surface area contributed by atoms with Crippen LogP contribution < -0.4 is 0 Å². The van der Waals surface area contributed by atoms with Gasteiger partial charge in [0.25, 0.3) is 0 Å². The summed E-state index contributed by atoms with van der Waals surface area (Å²) in [5, 5.41) is 9.92. The Morgan fingerprint density at radius 1 is 1.33 bits per heavy atom. The van der Waals surface area contributed by atoms with Gasteiger partial charge in [0, 0.05) is 10.8 Å². The van der Waals surface area contributed by atoms with Crippen molar-refractivity contribution in [3.63, 3.8) is 0 Å². The third kappa shape index (κ3) is 0.882. The van der Waals surface area contributed by atoms with Gasteiger partial charge in [-0.3, -0.25) is 0 Å². The lowest BCUT2D eigenvalue weighted by molar-refractivity contribution is -0.0618. The van der Waals surface area contributed by atoms with Gasteiger partial charge >= 0.3 is 0 Å². The van der Waals surface area contributed by atoms with Crippen LogP contribution in [0.5, 0.6) is 0 Å². The fourth-order valence-electron chi connectivity index (χ4n) is 2.69. The molecule has 1 saturated heterocycles. The van der Waals surface area contributed by atoms with Crippen LogP contribution in [0.4, 0.5) is 0 Å². The van der Waals surface area contributed by atoms with Crippen molar-refractivity contribution in [2.45, 2.75) is 39.2 Å². The van der Waals surface area contributed by atoms with E-state index in [-0.39, 0.29) is 16.9 Å². The van der Waals surface area contributed by atoms with Crippen molar-refractivity contribution in [2.24, 2.45) is 10.8 Å². The van der Waals surface area contributed by atoms with Crippen LogP contribution in [0.25, 0.3) is 0 Å². The summed E-state index contributed by atoms with van der Waals surface area (Å²) in [5.41, 5.74) is 0.246. The number of rotatable bonds is 0. The molecule has 12 heavy (non-hydrogen) atoms. The first-order valence-electron chi connectivity index (χ1n) is 4.84. The fourth-order valence-corrected chi connectivity index (χ4v) is 2.69. The van der Waals surface area contributed by atoms with Crippen LogP contribution >= 0.6 is 0 Å². The second-order valence-corrected chi connectivity index (χ2v) is 4.88. The summed E-state index contributed by atoms with van der Waals surface area (Å²) >= 11 is 0. The minimum absolute atomic E-state index is 0.0191. The Hall–Kier alpha value is -0.0800. The molecule has 0 bridgehead atoms. The number of ether oxygens (including phenoxy) is 1. The van der Waals surface area contributed by atoms with Crippen molar-refractivity contribution in [1.82, 2.24) is 0 Å². The van der Waals surface area contributed by atoms with Crippen LogP contribution in [0.15, 0.2) is 0 Å². The van der Waals surface area contributed by atoms with E-state index in [9.17, 15) is 5.11 Å². The summed E-state index contributed by atoms with van der Waals surface area (Å²) in [6.45, 7) is 6.00. The third-order valence-electron chi connectivity index (χ3n) is 4.14. The van der Waals surface area contributed by atoms with Crippen LogP contribution in [0.2, 0.25) is 0 Å². The Morgan fingerprint density at radius 2 is 2.08 bits per heavy atom. The molecule has 0 aromatic heterocycles. The standard InChI is InChI=1S/C10H18O2/c1-9-5-3-4-8(11)10(9,2)7-12-6-9/h8,11H,3-7H2,1-2H3/t8-,9-,10-/m0/s1. The molecule has 2 fully saturated rings. The summed E-state index contributed by atoms with van der Waals surface area (Å²) in [4.78, 5) is 0. The number of hydrogen-bond acceptors (Lipinski definition) is 2. The van der Waals surface area contributed by atoms with E-state index in [0.29, 0.717) is 0 Å². The highest BCUT2D eigenvalue weighted by Gasteiger charge is 2.55. The molecule has 2 rings (SSSR count). The van der Waals surface area contributed by atoms with Gasteiger partial charge in [0.1, 0.15) is 0 Å². The topological polar surface area (TPSA) is 29.5 Å². The number of aliphatic hydroxyl groups is 1. The van der Waals surface area contributed by atoms with Crippen molar-refractivity contribution in [3.05, 3.63) is 0 Å². The van der Waals surface area contributed by atoms with Gasteiger partial charge in [-0.05, 0) is 12.8 Å². The highest BCUT2D eigenvalue weighted by molar-refractivity contribution is 5.03. The van der Waals surface area contributed by atoms with Gasteiger partial charge in [0.2, 0.25) is 0 Å². The van der Waals surface area contributed by atoms with Crippen LogP contribution in [-0.4, -0.2) is 24.4 Å². The molecule has 0 unspecified atom stereocenters. The average molecular weight is 170 g/mol. The van der Waals surface area contributed by atoms with Gasteiger partial charge in [-0.2, -0.15) is 0 Å². The summed E-state index contributed by atoms with van der Waals surface area (Å²) in [6.07, 6.45) is 3.16. The molecule has 2 heteroatoms. The lowest BCUT2D eigenvalue weighted by Crippen LogP contribution is -2.48. The zero-order valence-corrected chi connectivity index (χ0v) is 7.97. The summed E-state index contributed by atoms with van der Waals surface area (Å²) in [5.74, 6) is 0. The molecular formula is C10H18O2. The van der Waals surface area contributed by atoms with Crippen LogP contribution in [0, 0.1) is 10.8 Å². The molecule has 1 heterocycles. The normalized spacial score (nSPS) is 53.8. The van der Waals surface area contributed by atoms with E-state index in [2.05, 4.69) is 13.8 Å². The Morgan fingerprint density at radius 3 is 2.75 bits per heavy atom. The highest BCUT2D eigenvalue weighted by atomic mass is 16.5. The van der Waals surface area contributed by atoms with Crippen LogP contribution in [0.1, 0.15) is 33.1 Å². The van der Waals surface area contributed by atoms with Crippen molar-refractivity contribution in [1.29, 1.82) is 0 Å². The molecule has 1 N–H and O–H groups in total. The highest BCUT2D eigenvalue weighted by Crippen LogP contribution is 2.54. The number of hydrogen-bond donors (Lipinski definition) is 1. The van der Waals surface area contributed by atoms with Gasteiger partial charge in [-0.15, -0.1) is 0 Å². The molecule has 70 valence electrons. The predicted octanol–water partition coefficient (Wildman–Crippen LogP) is 1.57. The SMILES string of the molecule is C[C@@]12CCC[C@H](O)[C@]1(C)COC2. The Balaban J connectivity index is 2.30. The smallest absolute Gasteiger partial charge is 0.0621 e. The molecule has 3 atom stereocenters. The van der Waals surface area contributed by atoms with Crippen molar-refractivity contribution >= 4 is 0 Å². The van der Waals surface area contributed by atoms with E-state index in [1.54, 1.807) is 0 Å². The molecule has 1 aliphatic heterocycles. The van der Waals surface area contributed by atoms with E-state index in [1.165, 1.54) is 6.42 Å². The van der Waals surface area contributed by atoms with Crippen molar-refractivity contribution < 1.29 is 9.84 Å². The Labute approximate surface area is 73.9 Å². The second-order valence-electron chi connectivity index (χ2n) is 4.88. The van der Waals surface area contributed by atoms with E-state index < -0.39 is 0 Å². The Kier molecular flexibility index (Phi) is 1.74. The summed E-state index contributed by atoms with van der Waals surface area (Å²) < 4.78 is 5.51. The molecule has 0 aromatic carbocycles. The van der Waals surface area contributed by atoms with Crippen molar-refractivity contribution in [3.8, 4) is 0 Å². The zero-order chi connectivity index (χ0) is 8.82. The zero-order valence-electron chi connectivity index (χ0n) is 7.97. The largest absolute Gasteiger partial charge is 0.392 e. The van der Waals surface area contributed by atoms with Gasteiger partial charge in [0.15, 0.2) is 0 Å². The summed E-state index contributed by atoms with van der Waals surface area (Å²) in [7, 11) is 0. The average Bonchev–Trinajstić information content (AvgIpc) is 2.30. The monoisotopic (exact) mass is 170 g/mol. The summed E-state index contributed by atoms with van der Waals surface area (Å²) in [6, 6.07) is 0. The van der Waals surface area contributed by atoms with Gasteiger partial charge in [-0.1, -0.05) is 20.3 Å². The van der Waals surface area contributed by atoms with E-state index in [1.807, 2.05) is 0 Å². The van der Waals surface area contributed by atoms with Gasteiger partial charge in [0.05, 0.1) is 19.3 Å². The van der Waals surface area contributed by atoms with Crippen molar-refractivity contribution in [2.75, 3.05) is 13.2 Å². The van der Waals surface area contributed by atoms with Gasteiger partial charge in [-0.25, -0.2) is 0 Å².